The number of halogens is 3. The van der Waals surface area contributed by atoms with Crippen LogP contribution in [0.5, 0.6) is 5.88 Å². The first kappa shape index (κ1) is 15.1. The number of alkyl halides is 3. The third kappa shape index (κ3) is 4.66. The molecule has 0 radical (unpaired) electrons. The molecule has 1 aromatic rings. The van der Waals surface area contributed by atoms with Gasteiger partial charge in [-0.05, 0) is 13.3 Å². The molecular weight excluding hydrogens is 259 g/mol. The van der Waals surface area contributed by atoms with Gasteiger partial charge in [-0.25, -0.2) is 4.98 Å². The number of ether oxygens (including phenoxy) is 1. The topological polar surface area (TPSA) is 47.0 Å². The fourth-order valence-corrected chi connectivity index (χ4v) is 1.17. The van der Waals surface area contributed by atoms with Crippen LogP contribution in [-0.4, -0.2) is 22.6 Å². The van der Waals surface area contributed by atoms with E-state index in [1.807, 2.05) is 6.92 Å². The van der Waals surface area contributed by atoms with E-state index in [4.69, 9.17) is 11.2 Å². The molecule has 0 bridgehead atoms. The van der Waals surface area contributed by atoms with E-state index >= 15 is 0 Å². The van der Waals surface area contributed by atoms with Crippen LogP contribution in [0.2, 0.25) is 0 Å². The third-order valence-corrected chi connectivity index (χ3v) is 2.04. The largest absolute Gasteiger partial charge is 0.461 e. The fraction of sp³-hybridized carbons (Fsp3) is 0.500. The summed E-state index contributed by atoms with van der Waals surface area (Å²) in [4.78, 5) is 6.70. The quantitative estimate of drug-likeness (QED) is 0.838. The number of nitrogens with zero attached hydrogens (tertiary/aromatic N) is 2. The van der Waals surface area contributed by atoms with E-state index < -0.39 is 18.1 Å². The zero-order chi connectivity index (χ0) is 14.5. The van der Waals surface area contributed by atoms with Crippen molar-refractivity contribution in [3.05, 3.63) is 11.9 Å². The van der Waals surface area contributed by atoms with E-state index in [-0.39, 0.29) is 11.7 Å². The Kier molecular flexibility index (Phi) is 4.98. The molecule has 1 atom stereocenters. The minimum absolute atomic E-state index is 0.0587. The van der Waals surface area contributed by atoms with Crippen LogP contribution < -0.4 is 10.1 Å². The number of nitrogens with one attached hydrogen (secondary N) is 1. The second-order valence-electron chi connectivity index (χ2n) is 3.77. The highest BCUT2D eigenvalue weighted by Crippen LogP contribution is 2.29. The van der Waals surface area contributed by atoms with Gasteiger partial charge >= 0.3 is 6.18 Å². The maximum atomic E-state index is 12.6. The summed E-state index contributed by atoms with van der Waals surface area (Å²) in [6.45, 7) is 3.92. The number of rotatable bonds is 5. The van der Waals surface area contributed by atoms with E-state index in [1.165, 1.54) is 13.0 Å². The Morgan fingerprint density at radius 3 is 2.68 bits per heavy atom. The molecule has 104 valence electrons. The molecule has 0 amide bonds. The molecule has 0 saturated heterocycles. The molecule has 19 heavy (non-hydrogen) atoms. The molecule has 0 saturated carbocycles. The van der Waals surface area contributed by atoms with Gasteiger partial charge in [0.1, 0.15) is 5.82 Å². The highest BCUT2D eigenvalue weighted by molar-refractivity contribution is 5.39. The van der Waals surface area contributed by atoms with Gasteiger partial charge in [-0.3, -0.25) is 0 Å². The average Bonchev–Trinajstić information content (AvgIpc) is 2.34. The van der Waals surface area contributed by atoms with E-state index in [0.717, 1.165) is 6.42 Å². The molecule has 1 unspecified atom stereocenters. The van der Waals surface area contributed by atoms with E-state index in [9.17, 15) is 13.2 Å². The molecule has 4 nitrogen and oxygen atoms in total. The first-order valence-electron chi connectivity index (χ1n) is 5.69. The van der Waals surface area contributed by atoms with Crippen molar-refractivity contribution < 1.29 is 17.9 Å². The summed E-state index contributed by atoms with van der Waals surface area (Å²) in [6.07, 6.45) is 0.549. The summed E-state index contributed by atoms with van der Waals surface area (Å²) in [7, 11) is 0. The van der Waals surface area contributed by atoms with Gasteiger partial charge < -0.3 is 10.1 Å². The molecule has 0 aromatic carbocycles. The number of hydrogen-bond donors (Lipinski definition) is 1. The summed E-state index contributed by atoms with van der Waals surface area (Å²) in [5.74, 6) is 0.850. The van der Waals surface area contributed by atoms with Gasteiger partial charge in [0.05, 0.1) is 0 Å². The predicted octanol–water partition coefficient (Wildman–Crippen LogP) is 2.72. The average molecular weight is 273 g/mol. The van der Waals surface area contributed by atoms with Crippen LogP contribution in [0.25, 0.3) is 0 Å². The lowest BCUT2D eigenvalue weighted by molar-refractivity contribution is -0.145. The van der Waals surface area contributed by atoms with Crippen LogP contribution in [-0.2, 0) is 6.18 Å². The van der Waals surface area contributed by atoms with Crippen molar-refractivity contribution in [1.82, 2.24) is 9.97 Å². The summed E-state index contributed by atoms with van der Waals surface area (Å²) >= 11 is 0. The van der Waals surface area contributed by atoms with Crippen LogP contribution in [0.1, 0.15) is 26.1 Å². The molecule has 1 N–H and O–H groups in total. The van der Waals surface area contributed by atoms with Crippen molar-refractivity contribution in [2.75, 3.05) is 11.9 Å². The van der Waals surface area contributed by atoms with Gasteiger partial charge in [-0.15, -0.1) is 6.42 Å². The standard InChI is InChI=1S/C12H14F3N3O/c1-4-6-16-9-7-10(19-8(3)5-2)18-11(17-9)12(13,14)15/h2,7-8H,4,6H2,1,3H3,(H,16,17,18). The lowest BCUT2D eigenvalue weighted by Gasteiger charge is -2.13. The summed E-state index contributed by atoms with van der Waals surface area (Å²) < 4.78 is 43.0. The zero-order valence-corrected chi connectivity index (χ0v) is 10.6. The van der Waals surface area contributed by atoms with E-state index in [2.05, 4.69) is 21.2 Å². The van der Waals surface area contributed by atoms with Crippen molar-refractivity contribution >= 4 is 5.82 Å². The van der Waals surface area contributed by atoms with Crippen molar-refractivity contribution in [2.45, 2.75) is 32.5 Å². The molecule has 7 heteroatoms. The molecule has 1 rings (SSSR count). The smallest absolute Gasteiger partial charge is 0.451 e. The van der Waals surface area contributed by atoms with Crippen LogP contribution in [0, 0.1) is 12.3 Å². The molecule has 0 fully saturated rings. The van der Waals surface area contributed by atoms with Crippen LogP contribution in [0.15, 0.2) is 6.07 Å². The summed E-state index contributed by atoms with van der Waals surface area (Å²) in [6, 6.07) is 1.29. The molecule has 0 aliphatic rings. The Balaban J connectivity index is 3.06. The number of hydrogen-bond acceptors (Lipinski definition) is 4. The zero-order valence-electron chi connectivity index (χ0n) is 10.6. The fourth-order valence-electron chi connectivity index (χ4n) is 1.17. The highest BCUT2D eigenvalue weighted by Gasteiger charge is 2.35. The normalized spacial score (nSPS) is 12.6. The number of anilines is 1. The minimum atomic E-state index is -4.64. The third-order valence-electron chi connectivity index (χ3n) is 2.04. The molecule has 0 aliphatic carbocycles. The van der Waals surface area contributed by atoms with Gasteiger partial charge in [0.15, 0.2) is 6.10 Å². The summed E-state index contributed by atoms with van der Waals surface area (Å²) in [5, 5.41) is 2.76. The van der Waals surface area contributed by atoms with Gasteiger partial charge in [0, 0.05) is 12.6 Å². The van der Waals surface area contributed by atoms with Crippen molar-refractivity contribution in [1.29, 1.82) is 0 Å². The Labute approximate surface area is 109 Å². The lowest BCUT2D eigenvalue weighted by Crippen LogP contribution is -2.16. The maximum absolute atomic E-state index is 12.6. The molecule has 0 aliphatic heterocycles. The number of terminal acetylenes is 1. The van der Waals surface area contributed by atoms with E-state index in [1.54, 1.807) is 0 Å². The number of aromatic nitrogens is 2. The molecule has 1 heterocycles. The van der Waals surface area contributed by atoms with Gasteiger partial charge in [0.2, 0.25) is 11.7 Å². The van der Waals surface area contributed by atoms with Gasteiger partial charge in [0.25, 0.3) is 0 Å². The summed E-state index contributed by atoms with van der Waals surface area (Å²) in [5.41, 5.74) is 0. The Bertz CT molecular complexity index is 468. The maximum Gasteiger partial charge on any atom is 0.451 e. The van der Waals surface area contributed by atoms with Gasteiger partial charge in [-0.2, -0.15) is 18.2 Å². The Morgan fingerprint density at radius 1 is 1.47 bits per heavy atom. The Morgan fingerprint density at radius 2 is 2.16 bits per heavy atom. The van der Waals surface area contributed by atoms with Crippen molar-refractivity contribution in [2.24, 2.45) is 0 Å². The second kappa shape index (κ2) is 6.27. The van der Waals surface area contributed by atoms with Crippen LogP contribution in [0.4, 0.5) is 19.0 Å². The second-order valence-corrected chi connectivity index (χ2v) is 3.77. The monoisotopic (exact) mass is 273 g/mol. The predicted molar refractivity (Wildman–Crippen MR) is 64.7 cm³/mol. The SMILES string of the molecule is C#CC(C)Oc1cc(NCCC)nc(C(F)(F)F)n1. The van der Waals surface area contributed by atoms with Crippen LogP contribution in [0.3, 0.4) is 0 Å². The molecule has 1 aromatic heterocycles. The first-order chi connectivity index (χ1) is 8.86. The molecular formula is C12H14F3N3O. The van der Waals surface area contributed by atoms with Crippen molar-refractivity contribution in [3.8, 4) is 18.2 Å². The van der Waals surface area contributed by atoms with E-state index in [0.29, 0.717) is 6.54 Å². The Hall–Kier alpha value is -1.97. The van der Waals surface area contributed by atoms with Crippen LogP contribution >= 0.6 is 0 Å². The van der Waals surface area contributed by atoms with Crippen molar-refractivity contribution in [3.63, 3.8) is 0 Å². The van der Waals surface area contributed by atoms with Gasteiger partial charge in [-0.1, -0.05) is 12.8 Å². The first-order valence-corrected chi connectivity index (χ1v) is 5.69. The molecule has 0 spiro atoms. The lowest BCUT2D eigenvalue weighted by atomic mass is 10.4. The highest BCUT2D eigenvalue weighted by atomic mass is 19.4. The minimum Gasteiger partial charge on any atom is -0.461 e.